The summed E-state index contributed by atoms with van der Waals surface area (Å²) in [4.78, 5) is 12.3. The Hall–Kier alpha value is -0.570. The second kappa shape index (κ2) is 5.38. The van der Waals surface area contributed by atoms with Crippen LogP contribution < -0.4 is 5.32 Å². The summed E-state index contributed by atoms with van der Waals surface area (Å²) in [5.41, 5.74) is -0.235. The molecule has 3 nitrogen and oxygen atoms in total. The summed E-state index contributed by atoms with van der Waals surface area (Å²) in [5, 5.41) is 3.29. The SMILES string of the molecule is CCC1(C(=O)OC2CCCC(C)C2)CCNC1. The van der Waals surface area contributed by atoms with Crippen LogP contribution in [0.1, 0.15) is 52.4 Å². The summed E-state index contributed by atoms with van der Waals surface area (Å²) in [6.45, 7) is 6.10. The maximum absolute atomic E-state index is 12.3. The lowest BCUT2D eigenvalue weighted by molar-refractivity contribution is -0.162. The quantitative estimate of drug-likeness (QED) is 0.769. The molecule has 1 aliphatic heterocycles. The summed E-state index contributed by atoms with van der Waals surface area (Å²) >= 11 is 0. The van der Waals surface area contributed by atoms with Crippen molar-refractivity contribution in [1.82, 2.24) is 5.32 Å². The van der Waals surface area contributed by atoms with E-state index in [1.54, 1.807) is 0 Å². The molecule has 0 amide bonds. The van der Waals surface area contributed by atoms with E-state index in [0.717, 1.165) is 38.8 Å². The Kier molecular flexibility index (Phi) is 4.08. The average molecular weight is 239 g/mol. The van der Waals surface area contributed by atoms with E-state index in [2.05, 4.69) is 19.2 Å². The molecule has 3 heteroatoms. The molecule has 98 valence electrons. The lowest BCUT2D eigenvalue weighted by Crippen LogP contribution is -2.38. The highest BCUT2D eigenvalue weighted by molar-refractivity contribution is 5.77. The fraction of sp³-hybridized carbons (Fsp3) is 0.929. The van der Waals surface area contributed by atoms with Crippen LogP contribution in [0.3, 0.4) is 0 Å². The standard InChI is InChI=1S/C14H25NO2/c1-3-14(7-8-15-10-14)13(16)17-12-6-4-5-11(2)9-12/h11-12,15H,3-10H2,1-2H3. The van der Waals surface area contributed by atoms with Crippen LogP contribution in [-0.4, -0.2) is 25.2 Å². The molecule has 2 fully saturated rings. The molecule has 0 aromatic carbocycles. The molecular weight excluding hydrogens is 214 g/mol. The number of ether oxygens (including phenoxy) is 1. The van der Waals surface area contributed by atoms with Crippen molar-refractivity contribution in [3.05, 3.63) is 0 Å². The van der Waals surface area contributed by atoms with Crippen LogP contribution in [-0.2, 0) is 9.53 Å². The molecule has 0 aromatic rings. The normalized spacial score (nSPS) is 38.0. The van der Waals surface area contributed by atoms with Crippen molar-refractivity contribution in [1.29, 1.82) is 0 Å². The third kappa shape index (κ3) is 2.82. The first-order valence-corrected chi connectivity index (χ1v) is 7.08. The van der Waals surface area contributed by atoms with Crippen LogP contribution in [0.15, 0.2) is 0 Å². The van der Waals surface area contributed by atoms with Gasteiger partial charge in [0.1, 0.15) is 6.10 Å². The van der Waals surface area contributed by atoms with Gasteiger partial charge >= 0.3 is 5.97 Å². The number of carbonyl (C=O) groups is 1. The number of hydrogen-bond acceptors (Lipinski definition) is 3. The molecule has 0 spiro atoms. The van der Waals surface area contributed by atoms with E-state index in [-0.39, 0.29) is 17.5 Å². The van der Waals surface area contributed by atoms with Crippen molar-refractivity contribution in [2.45, 2.75) is 58.5 Å². The third-order valence-corrected chi connectivity index (χ3v) is 4.52. The van der Waals surface area contributed by atoms with E-state index >= 15 is 0 Å². The van der Waals surface area contributed by atoms with Gasteiger partial charge in [0, 0.05) is 6.54 Å². The molecule has 2 rings (SSSR count). The zero-order valence-corrected chi connectivity index (χ0v) is 11.1. The fourth-order valence-electron chi connectivity index (χ4n) is 3.13. The number of hydrogen-bond donors (Lipinski definition) is 1. The zero-order chi connectivity index (χ0) is 12.3. The second-order valence-corrected chi connectivity index (χ2v) is 5.86. The Morgan fingerprint density at radius 2 is 2.29 bits per heavy atom. The highest BCUT2D eigenvalue weighted by Gasteiger charge is 2.42. The Morgan fingerprint density at radius 3 is 2.88 bits per heavy atom. The molecule has 0 aromatic heterocycles. The molecule has 1 aliphatic carbocycles. The van der Waals surface area contributed by atoms with Crippen molar-refractivity contribution in [2.75, 3.05) is 13.1 Å². The Labute approximate surface area is 104 Å². The van der Waals surface area contributed by atoms with Gasteiger partial charge in [0.15, 0.2) is 0 Å². The minimum Gasteiger partial charge on any atom is -0.462 e. The predicted molar refractivity (Wildman–Crippen MR) is 67.7 cm³/mol. The Bertz CT molecular complexity index is 271. The van der Waals surface area contributed by atoms with Gasteiger partial charge in [-0.05, 0) is 44.6 Å². The van der Waals surface area contributed by atoms with Crippen LogP contribution >= 0.6 is 0 Å². The van der Waals surface area contributed by atoms with Gasteiger partial charge in [-0.3, -0.25) is 4.79 Å². The first kappa shape index (κ1) is 12.9. The predicted octanol–water partition coefficient (Wildman–Crippen LogP) is 2.50. The minimum atomic E-state index is -0.235. The number of nitrogens with one attached hydrogen (secondary N) is 1. The van der Waals surface area contributed by atoms with E-state index in [0.29, 0.717) is 5.92 Å². The molecule has 2 aliphatic rings. The van der Waals surface area contributed by atoms with Crippen LogP contribution in [0.5, 0.6) is 0 Å². The maximum Gasteiger partial charge on any atom is 0.313 e. The van der Waals surface area contributed by atoms with E-state index in [1.807, 2.05) is 0 Å². The molecule has 3 unspecified atom stereocenters. The second-order valence-electron chi connectivity index (χ2n) is 5.86. The maximum atomic E-state index is 12.3. The van der Waals surface area contributed by atoms with Gasteiger partial charge in [-0.15, -0.1) is 0 Å². The minimum absolute atomic E-state index is 0.0455. The van der Waals surface area contributed by atoms with Gasteiger partial charge in [0.25, 0.3) is 0 Å². The van der Waals surface area contributed by atoms with Crippen molar-refractivity contribution >= 4 is 5.97 Å². The van der Waals surface area contributed by atoms with Crippen molar-refractivity contribution in [3.8, 4) is 0 Å². The lowest BCUT2D eigenvalue weighted by atomic mass is 9.84. The van der Waals surface area contributed by atoms with E-state index in [4.69, 9.17) is 4.74 Å². The van der Waals surface area contributed by atoms with Crippen LogP contribution in [0, 0.1) is 11.3 Å². The third-order valence-electron chi connectivity index (χ3n) is 4.52. The zero-order valence-electron chi connectivity index (χ0n) is 11.1. The highest BCUT2D eigenvalue weighted by Crippen LogP contribution is 2.33. The van der Waals surface area contributed by atoms with Gasteiger partial charge in [0.2, 0.25) is 0 Å². The van der Waals surface area contributed by atoms with E-state index < -0.39 is 0 Å². The van der Waals surface area contributed by atoms with Crippen LogP contribution in [0.4, 0.5) is 0 Å². The summed E-state index contributed by atoms with van der Waals surface area (Å²) in [7, 11) is 0. The first-order valence-electron chi connectivity index (χ1n) is 7.08. The molecule has 1 saturated carbocycles. The molecule has 17 heavy (non-hydrogen) atoms. The van der Waals surface area contributed by atoms with Crippen LogP contribution in [0.25, 0.3) is 0 Å². The monoisotopic (exact) mass is 239 g/mol. The van der Waals surface area contributed by atoms with Gasteiger partial charge in [-0.2, -0.15) is 0 Å². The summed E-state index contributed by atoms with van der Waals surface area (Å²) in [6, 6.07) is 0. The van der Waals surface area contributed by atoms with E-state index in [9.17, 15) is 4.79 Å². The van der Waals surface area contributed by atoms with E-state index in [1.165, 1.54) is 12.8 Å². The van der Waals surface area contributed by atoms with Gasteiger partial charge in [0.05, 0.1) is 5.41 Å². The fourth-order valence-corrected chi connectivity index (χ4v) is 3.13. The smallest absolute Gasteiger partial charge is 0.313 e. The molecule has 3 atom stereocenters. The summed E-state index contributed by atoms with van der Waals surface area (Å²) in [5.74, 6) is 0.755. The van der Waals surface area contributed by atoms with Crippen molar-refractivity contribution in [3.63, 3.8) is 0 Å². The molecule has 1 saturated heterocycles. The Morgan fingerprint density at radius 1 is 1.47 bits per heavy atom. The largest absolute Gasteiger partial charge is 0.462 e. The number of rotatable bonds is 3. The molecule has 0 radical (unpaired) electrons. The number of carbonyl (C=O) groups excluding carboxylic acids is 1. The Balaban J connectivity index is 1.91. The molecule has 0 bridgehead atoms. The highest BCUT2D eigenvalue weighted by atomic mass is 16.5. The molecule has 1 N–H and O–H groups in total. The summed E-state index contributed by atoms with van der Waals surface area (Å²) in [6.07, 6.45) is 6.61. The topological polar surface area (TPSA) is 38.3 Å². The number of esters is 1. The lowest BCUT2D eigenvalue weighted by Gasteiger charge is -2.31. The van der Waals surface area contributed by atoms with Gasteiger partial charge < -0.3 is 10.1 Å². The first-order chi connectivity index (χ1) is 8.16. The van der Waals surface area contributed by atoms with Crippen LogP contribution in [0.2, 0.25) is 0 Å². The molecule has 1 heterocycles. The molecular formula is C14H25NO2. The van der Waals surface area contributed by atoms with Gasteiger partial charge in [-0.25, -0.2) is 0 Å². The average Bonchev–Trinajstić information content (AvgIpc) is 2.78. The summed E-state index contributed by atoms with van der Waals surface area (Å²) < 4.78 is 5.76. The van der Waals surface area contributed by atoms with Crippen molar-refractivity contribution in [2.24, 2.45) is 11.3 Å². The van der Waals surface area contributed by atoms with Crippen molar-refractivity contribution < 1.29 is 9.53 Å². The van der Waals surface area contributed by atoms with Gasteiger partial charge in [-0.1, -0.05) is 20.3 Å².